The van der Waals surface area contributed by atoms with E-state index in [0.717, 1.165) is 0 Å². The summed E-state index contributed by atoms with van der Waals surface area (Å²) in [6.45, 7) is 5.46. The van der Waals surface area contributed by atoms with Crippen LogP contribution in [0.15, 0.2) is 30.3 Å². The van der Waals surface area contributed by atoms with E-state index in [0.29, 0.717) is 5.56 Å². The molecule has 1 aromatic carbocycles. The quantitative estimate of drug-likeness (QED) is 0.0513. The van der Waals surface area contributed by atoms with Gasteiger partial charge in [0.15, 0.2) is 9.84 Å². The number of hydrogen-bond donors (Lipinski definition) is 16. The Hall–Kier alpha value is -6.41. The highest BCUT2D eigenvalue weighted by Crippen LogP contribution is 2.12. The fourth-order valence-corrected chi connectivity index (χ4v) is 9.94. The number of benzene rings is 1. The van der Waals surface area contributed by atoms with Crippen LogP contribution in [0.4, 0.5) is 0 Å². The third-order valence-electron chi connectivity index (χ3n) is 13.2. The van der Waals surface area contributed by atoms with Crippen molar-refractivity contribution in [1.82, 2.24) is 58.1 Å². The Morgan fingerprint density at radius 1 is 0.650 bits per heavy atom. The van der Waals surface area contributed by atoms with Gasteiger partial charge in [-0.2, -0.15) is 0 Å². The van der Waals surface area contributed by atoms with Crippen LogP contribution in [-0.4, -0.2) is 213 Å². The minimum Gasteiger partial charge on any atom is -0.391 e. The molecule has 0 radical (unpaired) electrons. The fraction of sp³-hybridized carbons (Fsp3) is 0.680. The highest BCUT2D eigenvalue weighted by molar-refractivity contribution is 7.91. The zero-order valence-corrected chi connectivity index (χ0v) is 46.8. The minimum absolute atomic E-state index is 0.0471. The number of hydrogen-bond acceptors (Lipinski definition) is 19. The van der Waals surface area contributed by atoms with E-state index in [2.05, 4.69) is 53.2 Å². The molecule has 0 spiro atoms. The zero-order chi connectivity index (χ0) is 59.7. The molecule has 3 unspecified atom stereocenters. The average molecular weight is 1150 g/mol. The fourth-order valence-electron chi connectivity index (χ4n) is 8.66. The molecule has 0 aliphatic carbocycles. The van der Waals surface area contributed by atoms with E-state index in [-0.39, 0.29) is 108 Å². The maximum absolute atomic E-state index is 14.4. The molecule has 30 heteroatoms. The molecule has 11 atom stereocenters. The lowest BCUT2D eigenvalue weighted by atomic mass is 10.00. The number of carbonyl (C=O) groups excluding carboxylic acids is 10. The molecule has 3 rings (SSSR count). The van der Waals surface area contributed by atoms with Crippen LogP contribution in [0.3, 0.4) is 0 Å². The van der Waals surface area contributed by atoms with Crippen LogP contribution in [0.2, 0.25) is 0 Å². The van der Waals surface area contributed by atoms with Crippen molar-refractivity contribution in [2.24, 2.45) is 28.9 Å². The Labute approximate surface area is 466 Å². The zero-order valence-electron chi connectivity index (χ0n) is 46.0. The summed E-state index contributed by atoms with van der Waals surface area (Å²) in [6, 6.07) is -4.87. The molecule has 29 nitrogen and oxygen atoms in total. The number of aliphatic hydroxyl groups excluding tert-OH is 2. The molecule has 80 heavy (non-hydrogen) atoms. The third kappa shape index (κ3) is 23.0. The van der Waals surface area contributed by atoms with Crippen molar-refractivity contribution in [3.8, 4) is 0 Å². The van der Waals surface area contributed by atoms with Crippen LogP contribution in [0.25, 0.3) is 0 Å². The Morgan fingerprint density at radius 3 is 1.66 bits per heavy atom. The van der Waals surface area contributed by atoms with Gasteiger partial charge >= 0.3 is 0 Å². The molecule has 20 N–H and O–H groups in total. The topological polar surface area (TPSA) is 473 Å². The molecule has 2 aliphatic rings. The number of nitrogens with zero attached hydrogens (tertiary/aromatic N) is 1. The molecule has 0 bridgehead atoms. The first-order valence-electron chi connectivity index (χ1n) is 27.0. The van der Waals surface area contributed by atoms with Gasteiger partial charge in [0.2, 0.25) is 59.1 Å². The Balaban J connectivity index is 2.06. The maximum Gasteiger partial charge on any atom is 0.245 e. The second kappa shape index (κ2) is 34.0. The Morgan fingerprint density at radius 2 is 1.15 bits per heavy atom. The summed E-state index contributed by atoms with van der Waals surface area (Å²) in [6.07, 6.45) is -4.52. The molecule has 2 fully saturated rings. The molecule has 2 heterocycles. The van der Waals surface area contributed by atoms with E-state index < -0.39 is 148 Å². The lowest BCUT2D eigenvalue weighted by molar-refractivity contribution is -0.136. The molecule has 1 aromatic rings. The number of rotatable bonds is 22. The molecule has 0 aromatic heterocycles. The predicted octanol–water partition coefficient (Wildman–Crippen LogP) is -7.56. The average Bonchev–Trinajstić information content (AvgIpc) is 3.39. The second-order valence-electron chi connectivity index (χ2n) is 20.4. The lowest BCUT2D eigenvalue weighted by Gasteiger charge is -2.29. The Bertz CT molecular complexity index is 2350. The van der Waals surface area contributed by atoms with E-state index in [1.807, 2.05) is 0 Å². The summed E-state index contributed by atoms with van der Waals surface area (Å²) in [5, 5.41) is 46.7. The van der Waals surface area contributed by atoms with Crippen molar-refractivity contribution in [1.29, 1.82) is 0 Å². The SMILES string of the molecule is CC(C)C[C@@H]1NC(=O)[C@@H](Cc2ccccc2)NC(=O)[C@H](CCN)NC(=O)[C@@H](NC(=O)[C@H](CCN)NC(=O)[C@@H](NC(=O)CCN2CCS(=O)(=O)CC2)C(C)O)CCNC(=O)C(C(C)O)NC(=O)[C@H](CCN)NC(=O)[C@H](CCN)NC1=O. The van der Waals surface area contributed by atoms with Crippen molar-refractivity contribution in [2.75, 3.05) is 63.9 Å². The van der Waals surface area contributed by atoms with Gasteiger partial charge < -0.3 is 91.2 Å². The van der Waals surface area contributed by atoms with Gasteiger partial charge in [0.05, 0.1) is 23.7 Å². The lowest BCUT2D eigenvalue weighted by Crippen LogP contribution is -2.61. The summed E-state index contributed by atoms with van der Waals surface area (Å²) in [7, 11) is -3.18. The van der Waals surface area contributed by atoms with E-state index in [1.54, 1.807) is 49.1 Å². The summed E-state index contributed by atoms with van der Waals surface area (Å²) in [5.41, 5.74) is 24.1. The molecular formula is C50H85N15O14S. The number of nitrogens with one attached hydrogen (secondary N) is 10. The summed E-state index contributed by atoms with van der Waals surface area (Å²) >= 11 is 0. The third-order valence-corrected chi connectivity index (χ3v) is 14.8. The standard InChI is InChI=1S/C50H85N15O14S/c1-28(2)26-37-47(74)58-32(10-16-51)42(69)57-35(13-19-54)46(73)64-40(29(3)66)49(76)55-20-14-36(45(72)56-33(11-17-52)44(71)62-38(48(75)61-37)27-31-8-6-5-7-9-31)59-43(70)34(12-18-53)60-50(77)41(30(4)67)63-39(68)15-21-65-22-24-80(78,79)25-23-65/h5-9,28-30,32-38,40-41,66-67H,10-27,51-54H2,1-4H3,(H,55,76)(H,56,72)(H,57,69)(H,58,74)(H,59,70)(H,60,77)(H,61,75)(H,62,71)(H,63,68)(H,64,73)/t29?,30?,32-,33-,34-,35-,36-,37-,38+,40?,41-/m0/s1. The second-order valence-corrected chi connectivity index (χ2v) is 22.7. The number of carbonyl (C=O) groups is 10. The molecule has 0 saturated carbocycles. The normalized spacial score (nSPS) is 24.9. The summed E-state index contributed by atoms with van der Waals surface area (Å²) < 4.78 is 23.7. The van der Waals surface area contributed by atoms with Crippen LogP contribution in [0, 0.1) is 5.92 Å². The largest absolute Gasteiger partial charge is 0.391 e. The smallest absolute Gasteiger partial charge is 0.245 e. The number of aliphatic hydroxyl groups is 2. The van der Waals surface area contributed by atoms with Gasteiger partial charge in [-0.1, -0.05) is 44.2 Å². The van der Waals surface area contributed by atoms with Crippen LogP contribution in [0.1, 0.15) is 78.2 Å². The van der Waals surface area contributed by atoms with E-state index in [4.69, 9.17) is 22.9 Å². The first-order valence-corrected chi connectivity index (χ1v) is 28.8. The highest BCUT2D eigenvalue weighted by atomic mass is 32.2. The van der Waals surface area contributed by atoms with Gasteiger partial charge in [-0.25, -0.2) is 8.42 Å². The van der Waals surface area contributed by atoms with E-state index in [9.17, 15) is 66.6 Å². The van der Waals surface area contributed by atoms with Crippen molar-refractivity contribution < 1.29 is 66.6 Å². The van der Waals surface area contributed by atoms with Gasteiger partial charge in [-0.3, -0.25) is 47.9 Å². The maximum atomic E-state index is 14.4. The van der Waals surface area contributed by atoms with Crippen molar-refractivity contribution in [2.45, 2.75) is 146 Å². The van der Waals surface area contributed by atoms with Crippen molar-refractivity contribution >= 4 is 68.9 Å². The van der Waals surface area contributed by atoms with Gasteiger partial charge in [-0.15, -0.1) is 0 Å². The van der Waals surface area contributed by atoms with E-state index in [1.165, 1.54) is 13.8 Å². The first kappa shape index (κ1) is 67.9. The Kier molecular flexibility index (Phi) is 28.9. The monoisotopic (exact) mass is 1150 g/mol. The van der Waals surface area contributed by atoms with Crippen LogP contribution in [0.5, 0.6) is 0 Å². The number of nitrogens with two attached hydrogens (primary N) is 4. The van der Waals surface area contributed by atoms with Crippen molar-refractivity contribution in [3.63, 3.8) is 0 Å². The van der Waals surface area contributed by atoms with Gasteiger partial charge in [0.1, 0.15) is 54.4 Å². The van der Waals surface area contributed by atoms with Gasteiger partial charge in [-0.05, 0) is 90.0 Å². The first-order chi connectivity index (χ1) is 37.8. The van der Waals surface area contributed by atoms with Crippen LogP contribution >= 0.6 is 0 Å². The van der Waals surface area contributed by atoms with Crippen LogP contribution < -0.4 is 76.1 Å². The van der Waals surface area contributed by atoms with Gasteiger partial charge in [0.25, 0.3) is 0 Å². The molecular weight excluding hydrogens is 1070 g/mol. The predicted molar refractivity (Wildman–Crippen MR) is 292 cm³/mol. The highest BCUT2D eigenvalue weighted by Gasteiger charge is 2.37. The molecule has 2 saturated heterocycles. The molecule has 2 aliphatic heterocycles. The van der Waals surface area contributed by atoms with Gasteiger partial charge in [0, 0.05) is 39.0 Å². The summed E-state index contributed by atoms with van der Waals surface area (Å²) in [5.74, 6) is -9.41. The minimum atomic E-state index is -3.18. The molecule has 450 valence electrons. The number of amides is 10. The van der Waals surface area contributed by atoms with E-state index >= 15 is 0 Å². The molecule has 10 amide bonds. The summed E-state index contributed by atoms with van der Waals surface area (Å²) in [4.78, 5) is 141. The number of sulfone groups is 1. The van der Waals surface area contributed by atoms with Crippen molar-refractivity contribution in [3.05, 3.63) is 35.9 Å². The van der Waals surface area contributed by atoms with Crippen LogP contribution in [-0.2, 0) is 64.2 Å².